The van der Waals surface area contributed by atoms with Crippen LogP contribution in [0.4, 0.5) is 5.69 Å². The zero-order valence-electron chi connectivity index (χ0n) is 18.2. The molecular weight excluding hydrogens is 448 g/mol. The molecule has 1 amide bonds. The molecule has 7 heteroatoms. The van der Waals surface area contributed by atoms with E-state index in [-0.39, 0.29) is 16.2 Å². The maximum Gasteiger partial charge on any atom is 0.339 e. The van der Waals surface area contributed by atoms with Crippen molar-refractivity contribution >= 4 is 38.6 Å². The van der Waals surface area contributed by atoms with Crippen molar-refractivity contribution in [3.05, 3.63) is 108 Å². The lowest BCUT2D eigenvalue weighted by Gasteiger charge is -2.09. The van der Waals surface area contributed by atoms with Crippen LogP contribution in [-0.4, -0.2) is 14.3 Å². The van der Waals surface area contributed by atoms with Crippen molar-refractivity contribution in [3.8, 4) is 11.8 Å². The molecule has 0 aliphatic heterocycles. The van der Waals surface area contributed by atoms with Gasteiger partial charge in [-0.25, -0.2) is 0 Å². The summed E-state index contributed by atoms with van der Waals surface area (Å²) in [5.41, 5.74) is 1.83. The summed E-state index contributed by atoms with van der Waals surface area (Å²) < 4.78 is 30.4. The molecule has 6 nitrogen and oxygen atoms in total. The lowest BCUT2D eigenvalue weighted by Crippen LogP contribution is -2.13. The number of nitrogens with one attached hydrogen (secondary N) is 1. The van der Waals surface area contributed by atoms with E-state index in [2.05, 4.69) is 5.32 Å². The molecule has 4 aromatic carbocycles. The predicted octanol–water partition coefficient (Wildman–Crippen LogP) is 5.46. The van der Waals surface area contributed by atoms with Crippen LogP contribution in [0.15, 0.2) is 101 Å². The number of nitriles is 1. The highest BCUT2D eigenvalue weighted by Gasteiger charge is 2.17. The Bertz CT molecular complexity index is 1540. The second kappa shape index (κ2) is 9.61. The maximum atomic E-state index is 12.8. The van der Waals surface area contributed by atoms with Gasteiger partial charge in [0.05, 0.1) is 0 Å². The number of benzene rings is 4. The fraction of sp³-hybridized carbons (Fsp3) is 0.0370. The van der Waals surface area contributed by atoms with E-state index in [0.717, 1.165) is 16.3 Å². The quantitative estimate of drug-likeness (QED) is 0.230. The van der Waals surface area contributed by atoms with E-state index in [1.54, 1.807) is 30.3 Å². The largest absolute Gasteiger partial charge is 0.379 e. The van der Waals surface area contributed by atoms with E-state index < -0.39 is 16.0 Å². The van der Waals surface area contributed by atoms with E-state index in [9.17, 15) is 18.5 Å². The van der Waals surface area contributed by atoms with Crippen LogP contribution in [0.1, 0.15) is 11.1 Å². The predicted molar refractivity (Wildman–Crippen MR) is 132 cm³/mol. The van der Waals surface area contributed by atoms with Crippen LogP contribution in [0.2, 0.25) is 0 Å². The Hall–Kier alpha value is -4.41. The molecule has 1 N–H and O–H groups in total. The van der Waals surface area contributed by atoms with Crippen LogP contribution in [0.5, 0.6) is 5.75 Å². The summed E-state index contributed by atoms with van der Waals surface area (Å²) in [5, 5.41) is 14.2. The number of nitrogens with zero attached hydrogens (tertiary/aromatic N) is 1. The summed E-state index contributed by atoms with van der Waals surface area (Å²) in [7, 11) is -4.02. The summed E-state index contributed by atoms with van der Waals surface area (Å²) >= 11 is 0. The number of carbonyl (C=O) groups excluding carboxylic acids is 1. The standard InChI is InChI=1S/C27H20N2O4S/c1-19-12-14-24(15-13-19)34(31,32)33-23-9-4-6-20(17-23)16-22(18-28)27(30)29-26-11-5-8-21-7-2-3-10-25(21)26/h2-17H,1H3,(H,29,30)/b22-16+. The molecule has 0 unspecified atom stereocenters. The summed E-state index contributed by atoms with van der Waals surface area (Å²) in [4.78, 5) is 12.8. The van der Waals surface area contributed by atoms with E-state index in [0.29, 0.717) is 11.3 Å². The van der Waals surface area contributed by atoms with Gasteiger partial charge in [0, 0.05) is 11.1 Å². The van der Waals surface area contributed by atoms with Crippen LogP contribution in [0, 0.1) is 18.3 Å². The van der Waals surface area contributed by atoms with Gasteiger partial charge in [-0.05, 0) is 54.3 Å². The van der Waals surface area contributed by atoms with Gasteiger partial charge in [0.15, 0.2) is 0 Å². The molecule has 0 bridgehead atoms. The molecule has 0 aromatic heterocycles. The minimum absolute atomic E-state index is 0.0335. The molecule has 0 fully saturated rings. The summed E-state index contributed by atoms with van der Waals surface area (Å²) in [6, 6.07) is 27.5. The normalized spacial score (nSPS) is 11.6. The number of fused-ring (bicyclic) bond motifs is 1. The van der Waals surface area contributed by atoms with Crippen LogP contribution in [-0.2, 0) is 14.9 Å². The van der Waals surface area contributed by atoms with Crippen molar-refractivity contribution in [3.63, 3.8) is 0 Å². The molecule has 34 heavy (non-hydrogen) atoms. The number of anilines is 1. The first-order valence-electron chi connectivity index (χ1n) is 10.4. The highest BCUT2D eigenvalue weighted by atomic mass is 32.2. The Morgan fingerprint density at radius 1 is 0.941 bits per heavy atom. The van der Waals surface area contributed by atoms with Crippen LogP contribution in [0.25, 0.3) is 16.8 Å². The minimum Gasteiger partial charge on any atom is -0.379 e. The molecule has 0 radical (unpaired) electrons. The van der Waals surface area contributed by atoms with E-state index in [1.165, 1.54) is 30.3 Å². The summed E-state index contributed by atoms with van der Waals surface area (Å²) in [6.07, 6.45) is 1.38. The Kier molecular flexibility index (Phi) is 6.44. The zero-order valence-corrected chi connectivity index (χ0v) is 19.0. The second-order valence-corrected chi connectivity index (χ2v) is 9.12. The summed E-state index contributed by atoms with van der Waals surface area (Å²) in [5.74, 6) is -0.501. The maximum absolute atomic E-state index is 12.8. The van der Waals surface area contributed by atoms with Gasteiger partial charge < -0.3 is 9.50 Å². The number of carbonyl (C=O) groups is 1. The average molecular weight is 469 g/mol. The van der Waals surface area contributed by atoms with Crippen molar-refractivity contribution in [1.82, 2.24) is 0 Å². The Morgan fingerprint density at radius 3 is 2.41 bits per heavy atom. The van der Waals surface area contributed by atoms with Gasteiger partial charge in [-0.3, -0.25) is 4.79 Å². The van der Waals surface area contributed by atoms with Gasteiger partial charge in [0.2, 0.25) is 0 Å². The highest BCUT2D eigenvalue weighted by Crippen LogP contribution is 2.24. The van der Waals surface area contributed by atoms with E-state index >= 15 is 0 Å². The van der Waals surface area contributed by atoms with Gasteiger partial charge in [-0.15, -0.1) is 0 Å². The topological polar surface area (TPSA) is 96.3 Å². The Morgan fingerprint density at radius 2 is 1.65 bits per heavy atom. The fourth-order valence-electron chi connectivity index (χ4n) is 3.38. The SMILES string of the molecule is Cc1ccc(S(=O)(=O)Oc2cccc(/C=C(\C#N)C(=O)Nc3cccc4ccccc34)c2)cc1. The van der Waals surface area contributed by atoms with E-state index in [4.69, 9.17) is 4.18 Å². The fourth-order valence-corrected chi connectivity index (χ4v) is 4.30. The third-order valence-electron chi connectivity index (χ3n) is 5.09. The zero-order chi connectivity index (χ0) is 24.1. The lowest BCUT2D eigenvalue weighted by atomic mass is 10.1. The van der Waals surface area contributed by atoms with Gasteiger partial charge in [0.1, 0.15) is 22.3 Å². The first-order chi connectivity index (χ1) is 16.4. The Balaban J connectivity index is 1.56. The number of hydrogen-bond acceptors (Lipinski definition) is 5. The summed E-state index contributed by atoms with van der Waals surface area (Å²) in [6.45, 7) is 1.86. The lowest BCUT2D eigenvalue weighted by molar-refractivity contribution is -0.112. The number of rotatable bonds is 6. The molecular formula is C27H20N2O4S. The van der Waals surface area contributed by atoms with Crippen molar-refractivity contribution in [2.75, 3.05) is 5.32 Å². The smallest absolute Gasteiger partial charge is 0.339 e. The van der Waals surface area contributed by atoms with Gasteiger partial charge in [-0.2, -0.15) is 13.7 Å². The van der Waals surface area contributed by atoms with Crippen molar-refractivity contribution < 1.29 is 17.4 Å². The minimum atomic E-state index is -4.02. The molecule has 0 saturated carbocycles. The van der Waals surface area contributed by atoms with Gasteiger partial charge in [0.25, 0.3) is 5.91 Å². The molecule has 0 aliphatic carbocycles. The van der Waals surface area contributed by atoms with Crippen molar-refractivity contribution in [1.29, 1.82) is 5.26 Å². The van der Waals surface area contributed by atoms with Crippen LogP contribution < -0.4 is 9.50 Å². The molecule has 0 saturated heterocycles. The van der Waals surface area contributed by atoms with Crippen molar-refractivity contribution in [2.45, 2.75) is 11.8 Å². The monoisotopic (exact) mass is 468 g/mol. The molecule has 0 spiro atoms. The van der Waals surface area contributed by atoms with Crippen LogP contribution >= 0.6 is 0 Å². The van der Waals surface area contributed by atoms with Gasteiger partial charge >= 0.3 is 10.1 Å². The second-order valence-electron chi connectivity index (χ2n) is 7.57. The van der Waals surface area contributed by atoms with Crippen LogP contribution in [0.3, 0.4) is 0 Å². The average Bonchev–Trinajstić information content (AvgIpc) is 2.83. The highest BCUT2D eigenvalue weighted by molar-refractivity contribution is 7.87. The van der Waals surface area contributed by atoms with E-state index in [1.807, 2.05) is 49.4 Å². The number of hydrogen-bond donors (Lipinski definition) is 1. The molecule has 168 valence electrons. The molecule has 4 aromatic rings. The molecule has 0 heterocycles. The number of aryl methyl sites for hydroxylation is 1. The third kappa shape index (κ3) is 5.14. The molecule has 0 atom stereocenters. The van der Waals surface area contributed by atoms with Gasteiger partial charge in [-0.1, -0.05) is 66.2 Å². The molecule has 0 aliphatic rings. The number of amides is 1. The van der Waals surface area contributed by atoms with Crippen molar-refractivity contribution in [2.24, 2.45) is 0 Å². The third-order valence-corrected chi connectivity index (χ3v) is 6.35. The first-order valence-corrected chi connectivity index (χ1v) is 11.8. The first kappa shape index (κ1) is 22.8. The Labute approximate surface area is 197 Å². The molecule has 4 rings (SSSR count).